The van der Waals surface area contributed by atoms with E-state index in [4.69, 9.17) is 5.73 Å². The fraction of sp³-hybridized carbons (Fsp3) is 0.250. The minimum absolute atomic E-state index is 0.246. The van der Waals surface area contributed by atoms with Crippen molar-refractivity contribution in [3.8, 4) is 5.75 Å². The molecule has 11 heavy (non-hydrogen) atoms. The van der Waals surface area contributed by atoms with Gasteiger partial charge in [0.1, 0.15) is 5.75 Å². The summed E-state index contributed by atoms with van der Waals surface area (Å²) in [4.78, 5) is 0. The number of aromatic hydroxyl groups is 1. The lowest BCUT2D eigenvalue weighted by Gasteiger charge is -2.07. The van der Waals surface area contributed by atoms with Crippen molar-refractivity contribution in [1.29, 1.82) is 0 Å². The number of rotatable bonds is 2. The van der Waals surface area contributed by atoms with Crippen LogP contribution in [-0.2, 0) is 6.54 Å². The lowest BCUT2D eigenvalue weighted by atomic mass is 10.1. The summed E-state index contributed by atoms with van der Waals surface area (Å²) in [6.45, 7) is 0.435. The van der Waals surface area contributed by atoms with Crippen molar-refractivity contribution < 1.29 is 5.11 Å². The average molecular weight is 152 g/mol. The number of phenolic OH excluding ortho intramolecular Hbond substituents is 1. The van der Waals surface area contributed by atoms with Crippen LogP contribution in [0.15, 0.2) is 18.2 Å². The minimum Gasteiger partial charge on any atom is -0.506 e. The average Bonchev–Trinajstić information content (AvgIpc) is 2.04. The van der Waals surface area contributed by atoms with E-state index < -0.39 is 0 Å². The van der Waals surface area contributed by atoms with Gasteiger partial charge in [-0.05, 0) is 11.6 Å². The van der Waals surface area contributed by atoms with E-state index in [1.165, 1.54) is 0 Å². The molecule has 0 bridgehead atoms. The zero-order valence-corrected chi connectivity index (χ0v) is 6.46. The van der Waals surface area contributed by atoms with Crippen LogP contribution in [0.5, 0.6) is 5.75 Å². The molecule has 3 heteroatoms. The number of para-hydroxylation sites is 1. The molecule has 0 aromatic heterocycles. The maximum Gasteiger partial charge on any atom is 0.138 e. The van der Waals surface area contributed by atoms with E-state index in [1.807, 2.05) is 6.07 Å². The maximum absolute atomic E-state index is 9.30. The van der Waals surface area contributed by atoms with E-state index in [9.17, 15) is 5.11 Å². The zero-order valence-electron chi connectivity index (χ0n) is 6.46. The van der Waals surface area contributed by atoms with Gasteiger partial charge < -0.3 is 16.2 Å². The third-order valence-corrected chi connectivity index (χ3v) is 1.60. The van der Waals surface area contributed by atoms with Crippen LogP contribution < -0.4 is 11.1 Å². The highest BCUT2D eigenvalue weighted by atomic mass is 16.3. The summed E-state index contributed by atoms with van der Waals surface area (Å²) < 4.78 is 0. The van der Waals surface area contributed by atoms with Crippen LogP contribution in [-0.4, -0.2) is 12.2 Å². The van der Waals surface area contributed by atoms with Crippen molar-refractivity contribution in [1.82, 2.24) is 0 Å². The molecule has 1 aromatic carbocycles. The largest absolute Gasteiger partial charge is 0.506 e. The first-order valence-electron chi connectivity index (χ1n) is 3.48. The normalized spacial score (nSPS) is 9.64. The molecule has 4 N–H and O–H groups in total. The number of anilines is 1. The summed E-state index contributed by atoms with van der Waals surface area (Å²) in [6.07, 6.45) is 0. The molecule has 60 valence electrons. The quantitative estimate of drug-likeness (QED) is 0.552. The van der Waals surface area contributed by atoms with E-state index >= 15 is 0 Å². The van der Waals surface area contributed by atoms with E-state index in [0.29, 0.717) is 6.54 Å². The number of hydrogen-bond acceptors (Lipinski definition) is 3. The van der Waals surface area contributed by atoms with Crippen molar-refractivity contribution in [3.05, 3.63) is 23.8 Å². The van der Waals surface area contributed by atoms with Gasteiger partial charge in [0.15, 0.2) is 0 Å². The fourth-order valence-electron chi connectivity index (χ4n) is 1.05. The zero-order chi connectivity index (χ0) is 8.27. The van der Waals surface area contributed by atoms with Crippen LogP contribution in [0.4, 0.5) is 5.69 Å². The summed E-state index contributed by atoms with van der Waals surface area (Å²) in [5, 5.41) is 12.2. The second kappa shape index (κ2) is 3.25. The Morgan fingerprint density at radius 3 is 2.73 bits per heavy atom. The van der Waals surface area contributed by atoms with Gasteiger partial charge in [0, 0.05) is 13.6 Å². The Morgan fingerprint density at radius 1 is 1.55 bits per heavy atom. The number of nitrogens with two attached hydrogens (primary N) is 1. The lowest BCUT2D eigenvalue weighted by Crippen LogP contribution is -2.01. The second-order valence-electron chi connectivity index (χ2n) is 2.27. The molecule has 1 aromatic rings. The summed E-state index contributed by atoms with van der Waals surface area (Å²) in [5.41, 5.74) is 7.09. The highest BCUT2D eigenvalue weighted by Gasteiger charge is 2.02. The summed E-state index contributed by atoms with van der Waals surface area (Å²) in [6, 6.07) is 5.29. The van der Waals surface area contributed by atoms with Gasteiger partial charge in [-0.15, -0.1) is 0 Å². The predicted molar refractivity (Wildman–Crippen MR) is 45.5 cm³/mol. The van der Waals surface area contributed by atoms with Gasteiger partial charge >= 0.3 is 0 Å². The van der Waals surface area contributed by atoms with E-state index in [-0.39, 0.29) is 5.75 Å². The van der Waals surface area contributed by atoms with Gasteiger partial charge in [-0.3, -0.25) is 0 Å². The van der Waals surface area contributed by atoms with Gasteiger partial charge in [-0.1, -0.05) is 12.1 Å². The minimum atomic E-state index is 0.246. The Labute approximate surface area is 65.8 Å². The van der Waals surface area contributed by atoms with Gasteiger partial charge in [0.05, 0.1) is 5.69 Å². The molecular weight excluding hydrogens is 140 g/mol. The molecule has 0 aliphatic carbocycles. The monoisotopic (exact) mass is 152 g/mol. The van der Waals surface area contributed by atoms with Crippen LogP contribution in [0, 0.1) is 0 Å². The van der Waals surface area contributed by atoms with Crippen molar-refractivity contribution in [2.24, 2.45) is 5.73 Å². The standard InChI is InChI=1S/C8H12N2O/c1-10-8-6(5-9)3-2-4-7(8)11/h2-4,10-11H,5,9H2,1H3. The molecule has 0 spiro atoms. The fourth-order valence-corrected chi connectivity index (χ4v) is 1.05. The molecule has 3 nitrogen and oxygen atoms in total. The van der Waals surface area contributed by atoms with Crippen LogP contribution in [0.1, 0.15) is 5.56 Å². The Bertz CT molecular complexity index is 248. The smallest absolute Gasteiger partial charge is 0.138 e. The van der Waals surface area contributed by atoms with Crippen LogP contribution in [0.3, 0.4) is 0 Å². The molecule has 0 heterocycles. The van der Waals surface area contributed by atoms with Crippen molar-refractivity contribution in [2.75, 3.05) is 12.4 Å². The van der Waals surface area contributed by atoms with Crippen molar-refractivity contribution >= 4 is 5.69 Å². The first kappa shape index (κ1) is 7.88. The number of phenols is 1. The van der Waals surface area contributed by atoms with E-state index in [2.05, 4.69) is 5.32 Å². The van der Waals surface area contributed by atoms with Crippen LogP contribution >= 0.6 is 0 Å². The topological polar surface area (TPSA) is 58.3 Å². The van der Waals surface area contributed by atoms with Crippen LogP contribution in [0.25, 0.3) is 0 Å². The highest BCUT2D eigenvalue weighted by Crippen LogP contribution is 2.25. The number of hydrogen-bond donors (Lipinski definition) is 3. The first-order chi connectivity index (χ1) is 5.29. The van der Waals surface area contributed by atoms with Crippen molar-refractivity contribution in [3.63, 3.8) is 0 Å². The van der Waals surface area contributed by atoms with Gasteiger partial charge in [-0.25, -0.2) is 0 Å². The maximum atomic E-state index is 9.30. The van der Waals surface area contributed by atoms with Crippen molar-refractivity contribution in [2.45, 2.75) is 6.54 Å². The third-order valence-electron chi connectivity index (χ3n) is 1.60. The molecule has 0 saturated heterocycles. The summed E-state index contributed by atoms with van der Waals surface area (Å²) in [7, 11) is 1.76. The highest BCUT2D eigenvalue weighted by molar-refractivity contribution is 5.60. The first-order valence-corrected chi connectivity index (χ1v) is 3.48. The molecule has 0 amide bonds. The SMILES string of the molecule is CNc1c(O)cccc1CN. The molecule has 0 saturated carbocycles. The Kier molecular flexibility index (Phi) is 2.33. The number of benzene rings is 1. The molecule has 0 aliphatic heterocycles. The summed E-state index contributed by atoms with van der Waals surface area (Å²) in [5.74, 6) is 0.246. The Balaban J connectivity index is 3.13. The Morgan fingerprint density at radius 2 is 2.27 bits per heavy atom. The Hall–Kier alpha value is -1.22. The van der Waals surface area contributed by atoms with Gasteiger partial charge in [-0.2, -0.15) is 0 Å². The number of nitrogens with one attached hydrogen (secondary N) is 1. The predicted octanol–water partition coefficient (Wildman–Crippen LogP) is 0.893. The van der Waals surface area contributed by atoms with E-state index in [0.717, 1.165) is 11.3 Å². The molecule has 0 unspecified atom stereocenters. The molecule has 0 aliphatic rings. The summed E-state index contributed by atoms with van der Waals surface area (Å²) >= 11 is 0. The lowest BCUT2D eigenvalue weighted by molar-refractivity contribution is 0.477. The molecule has 1 rings (SSSR count). The second-order valence-corrected chi connectivity index (χ2v) is 2.27. The van der Waals surface area contributed by atoms with Gasteiger partial charge in [0.25, 0.3) is 0 Å². The molecule has 0 radical (unpaired) electrons. The van der Waals surface area contributed by atoms with Gasteiger partial charge in [0.2, 0.25) is 0 Å². The third kappa shape index (κ3) is 1.43. The molecular formula is C8H12N2O. The molecule has 0 fully saturated rings. The van der Waals surface area contributed by atoms with Crippen LogP contribution in [0.2, 0.25) is 0 Å². The molecule has 0 atom stereocenters. The van der Waals surface area contributed by atoms with E-state index in [1.54, 1.807) is 19.2 Å².